The zero-order valence-electron chi connectivity index (χ0n) is 15.8. The van der Waals surface area contributed by atoms with E-state index in [0.29, 0.717) is 38.4 Å². The molecule has 0 spiro atoms. The monoisotopic (exact) mass is 398 g/mol. The summed E-state index contributed by atoms with van der Waals surface area (Å²) in [4.78, 5) is 29.0. The van der Waals surface area contributed by atoms with Crippen LogP contribution in [-0.4, -0.2) is 87.8 Å². The third kappa shape index (κ3) is 5.57. The number of carboxylic acid groups (broad SMARTS) is 1. The number of likely N-dealkylation sites (N-methyl/N-ethyl adjacent to an activating group) is 1. The number of carbonyl (C=O) groups excluding carboxylic acids is 1. The molecule has 9 nitrogen and oxygen atoms in total. The summed E-state index contributed by atoms with van der Waals surface area (Å²) in [7, 11) is -0.117. The predicted molar refractivity (Wildman–Crippen MR) is 104 cm³/mol. The quantitative estimate of drug-likeness (QED) is 0.682. The Kier molecular flexibility index (Phi) is 6.66. The molecule has 27 heavy (non-hydrogen) atoms. The molecule has 0 atom stereocenters. The Morgan fingerprint density at radius 2 is 1.81 bits per heavy atom. The van der Waals surface area contributed by atoms with Gasteiger partial charge in [0.15, 0.2) is 0 Å². The Balaban J connectivity index is 2.11. The summed E-state index contributed by atoms with van der Waals surface area (Å²) in [5, 5.41) is 9.45. The lowest BCUT2D eigenvalue weighted by atomic mass is 10.1. The fraction of sp³-hybridized carbons (Fsp3) is 0.529. The van der Waals surface area contributed by atoms with Crippen molar-refractivity contribution < 1.29 is 23.1 Å². The Morgan fingerprint density at radius 3 is 2.33 bits per heavy atom. The highest BCUT2D eigenvalue weighted by Gasteiger charge is 2.22. The van der Waals surface area contributed by atoms with Crippen molar-refractivity contribution in [3.63, 3.8) is 0 Å². The minimum Gasteiger partial charge on any atom is -0.478 e. The second kappa shape index (κ2) is 8.57. The first-order chi connectivity index (χ1) is 12.6. The summed E-state index contributed by atoms with van der Waals surface area (Å²) in [6.45, 7) is 4.52. The number of hydrogen-bond acceptors (Lipinski definition) is 6. The Bertz CT molecular complexity index is 802. The molecule has 10 heteroatoms. The lowest BCUT2D eigenvalue weighted by Crippen LogP contribution is -2.49. The van der Waals surface area contributed by atoms with E-state index in [9.17, 15) is 23.1 Å². The van der Waals surface area contributed by atoms with Crippen LogP contribution in [-0.2, 0) is 14.8 Å². The van der Waals surface area contributed by atoms with Crippen molar-refractivity contribution in [2.75, 3.05) is 62.2 Å². The lowest BCUT2D eigenvalue weighted by molar-refractivity contribution is -0.129. The summed E-state index contributed by atoms with van der Waals surface area (Å²) < 4.78 is 25.8. The van der Waals surface area contributed by atoms with Gasteiger partial charge in [0.25, 0.3) is 0 Å². The van der Waals surface area contributed by atoms with Gasteiger partial charge in [-0.2, -0.15) is 0 Å². The molecular weight excluding hydrogens is 372 g/mol. The maximum atomic E-state index is 11.8. The number of sulfonamides is 1. The molecule has 0 saturated carbocycles. The minimum atomic E-state index is -3.56. The van der Waals surface area contributed by atoms with Crippen LogP contribution in [0.25, 0.3) is 0 Å². The van der Waals surface area contributed by atoms with Crippen molar-refractivity contribution in [1.82, 2.24) is 9.80 Å². The predicted octanol–water partition coefficient (Wildman–Crippen LogP) is 0.357. The van der Waals surface area contributed by atoms with Crippen molar-refractivity contribution in [3.05, 3.63) is 23.8 Å². The Morgan fingerprint density at radius 1 is 1.19 bits per heavy atom. The van der Waals surface area contributed by atoms with E-state index in [-0.39, 0.29) is 22.9 Å². The van der Waals surface area contributed by atoms with Crippen LogP contribution in [0.2, 0.25) is 0 Å². The fourth-order valence-electron chi connectivity index (χ4n) is 2.73. The average Bonchev–Trinajstić information content (AvgIpc) is 2.62. The largest absolute Gasteiger partial charge is 0.478 e. The van der Waals surface area contributed by atoms with E-state index in [1.54, 1.807) is 25.1 Å². The normalized spacial score (nSPS) is 15.4. The van der Waals surface area contributed by atoms with Gasteiger partial charge in [-0.1, -0.05) is 0 Å². The van der Waals surface area contributed by atoms with E-state index in [1.165, 1.54) is 19.1 Å². The Hall–Kier alpha value is -2.33. The van der Waals surface area contributed by atoms with Crippen LogP contribution in [0.5, 0.6) is 0 Å². The molecule has 1 fully saturated rings. The molecular formula is C17H26N4O5S. The number of aromatic carboxylic acids is 1. The van der Waals surface area contributed by atoms with Gasteiger partial charge in [0, 0.05) is 46.0 Å². The maximum Gasteiger partial charge on any atom is 0.337 e. The fourth-order valence-corrected chi connectivity index (χ4v) is 3.39. The molecule has 1 amide bonds. The maximum absolute atomic E-state index is 11.8. The number of anilines is 2. The smallest absolute Gasteiger partial charge is 0.337 e. The zero-order valence-corrected chi connectivity index (χ0v) is 16.6. The first-order valence-electron chi connectivity index (χ1n) is 8.68. The van der Waals surface area contributed by atoms with E-state index in [4.69, 9.17) is 0 Å². The van der Waals surface area contributed by atoms with Crippen LogP contribution in [0, 0.1) is 0 Å². The standard InChI is InChI=1S/C17H26N4O5S/c1-4-27(25,26)18-15-6-5-13(11-14(15)17(23)24)21-9-7-20(8-10-21)12-16(22)19(2)3/h5-6,11,18H,4,7-10,12H2,1-3H3,(H,23,24). The molecule has 1 heterocycles. The van der Waals surface area contributed by atoms with Crippen molar-refractivity contribution in [1.29, 1.82) is 0 Å². The number of hydrogen-bond donors (Lipinski definition) is 2. The minimum absolute atomic E-state index is 0.0455. The molecule has 0 aliphatic carbocycles. The molecule has 0 bridgehead atoms. The van der Waals surface area contributed by atoms with Gasteiger partial charge in [-0.05, 0) is 25.1 Å². The van der Waals surface area contributed by atoms with Crippen molar-refractivity contribution in [2.24, 2.45) is 0 Å². The zero-order chi connectivity index (χ0) is 20.2. The van der Waals surface area contributed by atoms with Crippen molar-refractivity contribution in [2.45, 2.75) is 6.92 Å². The number of nitrogens with one attached hydrogen (secondary N) is 1. The van der Waals surface area contributed by atoms with Gasteiger partial charge in [0.1, 0.15) is 0 Å². The molecule has 1 saturated heterocycles. The highest BCUT2D eigenvalue weighted by molar-refractivity contribution is 7.92. The summed E-state index contributed by atoms with van der Waals surface area (Å²) >= 11 is 0. The van der Waals surface area contributed by atoms with Gasteiger partial charge >= 0.3 is 5.97 Å². The summed E-state index contributed by atoms with van der Waals surface area (Å²) in [5.74, 6) is -1.29. The van der Waals surface area contributed by atoms with Gasteiger partial charge in [0.05, 0.1) is 23.5 Å². The van der Waals surface area contributed by atoms with E-state index >= 15 is 0 Å². The molecule has 2 rings (SSSR count). The molecule has 1 aromatic rings. The molecule has 1 aliphatic rings. The lowest BCUT2D eigenvalue weighted by Gasteiger charge is -2.36. The molecule has 150 valence electrons. The van der Waals surface area contributed by atoms with Gasteiger partial charge in [0.2, 0.25) is 15.9 Å². The third-order valence-corrected chi connectivity index (χ3v) is 5.77. The van der Waals surface area contributed by atoms with Crippen LogP contribution in [0.3, 0.4) is 0 Å². The number of carboxylic acids is 1. The summed E-state index contributed by atoms with van der Waals surface area (Å²) in [5.41, 5.74) is 0.684. The van der Waals surface area contributed by atoms with Gasteiger partial charge in [-0.3, -0.25) is 14.4 Å². The number of amides is 1. The average molecular weight is 398 g/mol. The van der Waals surface area contributed by atoms with Crippen LogP contribution in [0.4, 0.5) is 11.4 Å². The molecule has 2 N–H and O–H groups in total. The number of nitrogens with zero attached hydrogens (tertiary/aromatic N) is 3. The second-order valence-electron chi connectivity index (χ2n) is 6.59. The topological polar surface area (TPSA) is 110 Å². The van der Waals surface area contributed by atoms with Crippen molar-refractivity contribution in [3.8, 4) is 0 Å². The Labute approximate surface area is 159 Å². The second-order valence-corrected chi connectivity index (χ2v) is 8.60. The van der Waals surface area contributed by atoms with Crippen molar-refractivity contribution >= 4 is 33.3 Å². The number of rotatable bonds is 7. The van der Waals surface area contributed by atoms with E-state index in [2.05, 4.69) is 9.62 Å². The number of carbonyl (C=O) groups is 2. The van der Waals surface area contributed by atoms with E-state index < -0.39 is 16.0 Å². The molecule has 0 aromatic heterocycles. The highest BCUT2D eigenvalue weighted by Crippen LogP contribution is 2.25. The first kappa shape index (κ1) is 21.0. The van der Waals surface area contributed by atoms with Gasteiger partial charge < -0.3 is 14.9 Å². The molecule has 1 aliphatic heterocycles. The SMILES string of the molecule is CCS(=O)(=O)Nc1ccc(N2CCN(CC(=O)N(C)C)CC2)cc1C(=O)O. The van der Waals surface area contributed by atoms with E-state index in [1.807, 2.05) is 4.90 Å². The third-order valence-electron chi connectivity index (χ3n) is 4.47. The van der Waals surface area contributed by atoms with Crippen LogP contribution in [0.15, 0.2) is 18.2 Å². The van der Waals surface area contributed by atoms with E-state index in [0.717, 1.165) is 0 Å². The van der Waals surface area contributed by atoms with Gasteiger partial charge in [-0.25, -0.2) is 13.2 Å². The molecule has 0 radical (unpaired) electrons. The van der Waals surface area contributed by atoms with Crippen LogP contribution in [0.1, 0.15) is 17.3 Å². The van der Waals surface area contributed by atoms with Crippen LogP contribution < -0.4 is 9.62 Å². The summed E-state index contributed by atoms with van der Waals surface area (Å²) in [6, 6.07) is 4.67. The molecule has 1 aromatic carbocycles. The highest BCUT2D eigenvalue weighted by atomic mass is 32.2. The first-order valence-corrected chi connectivity index (χ1v) is 10.3. The number of benzene rings is 1. The van der Waals surface area contributed by atoms with Crippen LogP contribution >= 0.6 is 0 Å². The summed E-state index contributed by atoms with van der Waals surface area (Å²) in [6.07, 6.45) is 0. The van der Waals surface area contributed by atoms with Gasteiger partial charge in [-0.15, -0.1) is 0 Å². The number of piperazine rings is 1. The molecule has 0 unspecified atom stereocenters.